The highest BCUT2D eigenvalue weighted by atomic mass is 15.2. The van der Waals surface area contributed by atoms with E-state index in [4.69, 9.17) is 5.73 Å². The van der Waals surface area contributed by atoms with Gasteiger partial charge in [0.05, 0.1) is 0 Å². The van der Waals surface area contributed by atoms with Crippen molar-refractivity contribution in [2.24, 2.45) is 0 Å². The van der Waals surface area contributed by atoms with Crippen LogP contribution in [0, 0.1) is 0 Å². The number of hydrogen-bond donors (Lipinski definition) is 1. The molecule has 0 amide bonds. The Morgan fingerprint density at radius 2 is 1.89 bits per heavy atom. The second-order valence-electron chi connectivity index (χ2n) is 5.19. The van der Waals surface area contributed by atoms with Gasteiger partial charge in [0.1, 0.15) is 0 Å². The third-order valence-electron chi connectivity index (χ3n) is 3.38. The smallest absolute Gasteiger partial charge is 0.0347 e. The predicted octanol–water partition coefficient (Wildman–Crippen LogP) is 2.08. The van der Waals surface area contributed by atoms with Gasteiger partial charge in [-0.2, -0.15) is 0 Å². The molecule has 1 atom stereocenters. The van der Waals surface area contributed by atoms with Crippen LogP contribution in [-0.2, 0) is 6.42 Å². The monoisotopic (exact) mass is 249 g/mol. The first kappa shape index (κ1) is 15.0. The minimum atomic E-state index is 0.579. The molecule has 0 radical (unpaired) electrons. The first-order chi connectivity index (χ1) is 8.54. The second kappa shape index (κ2) is 7.39. The van der Waals surface area contributed by atoms with Gasteiger partial charge in [-0.05, 0) is 45.6 Å². The molecular formula is C15H27N3. The van der Waals surface area contributed by atoms with Crippen molar-refractivity contribution in [1.29, 1.82) is 0 Å². The maximum atomic E-state index is 5.98. The Kier molecular flexibility index (Phi) is 6.16. The zero-order chi connectivity index (χ0) is 13.5. The van der Waals surface area contributed by atoms with Gasteiger partial charge >= 0.3 is 0 Å². The lowest BCUT2D eigenvalue weighted by Crippen LogP contribution is -2.41. The number of nitrogens with zero attached hydrogens (tertiary/aromatic N) is 2. The van der Waals surface area contributed by atoms with Crippen LogP contribution in [0.3, 0.4) is 0 Å². The molecule has 2 N–H and O–H groups in total. The maximum absolute atomic E-state index is 5.98. The number of rotatable bonds is 7. The van der Waals surface area contributed by atoms with Gasteiger partial charge in [-0.3, -0.25) is 4.90 Å². The summed E-state index contributed by atoms with van der Waals surface area (Å²) in [6.07, 6.45) is 1.03. The molecule has 0 aliphatic rings. The first-order valence-electron chi connectivity index (χ1n) is 6.76. The predicted molar refractivity (Wildman–Crippen MR) is 79.8 cm³/mol. The SMILES string of the molecule is CCN(CCc1ccccc1N)C(C)CN(C)C. The minimum Gasteiger partial charge on any atom is -0.399 e. The summed E-state index contributed by atoms with van der Waals surface area (Å²) < 4.78 is 0. The average Bonchev–Trinajstić information content (AvgIpc) is 2.31. The zero-order valence-corrected chi connectivity index (χ0v) is 12.2. The van der Waals surface area contributed by atoms with E-state index in [0.29, 0.717) is 6.04 Å². The quantitative estimate of drug-likeness (QED) is 0.751. The first-order valence-corrected chi connectivity index (χ1v) is 6.76. The number of likely N-dealkylation sites (N-methyl/N-ethyl adjacent to an activating group) is 2. The summed E-state index contributed by atoms with van der Waals surface area (Å²) in [5.41, 5.74) is 8.15. The number of hydrogen-bond acceptors (Lipinski definition) is 3. The normalized spacial score (nSPS) is 13.2. The molecule has 0 fully saturated rings. The molecule has 0 bridgehead atoms. The van der Waals surface area contributed by atoms with Crippen LogP contribution in [0.15, 0.2) is 24.3 Å². The third kappa shape index (κ3) is 4.67. The molecule has 1 aromatic rings. The van der Waals surface area contributed by atoms with Crippen molar-refractivity contribution in [1.82, 2.24) is 9.80 Å². The van der Waals surface area contributed by atoms with E-state index in [-0.39, 0.29) is 0 Å². The van der Waals surface area contributed by atoms with Gasteiger partial charge in [-0.15, -0.1) is 0 Å². The number of anilines is 1. The second-order valence-corrected chi connectivity index (χ2v) is 5.19. The molecule has 0 saturated carbocycles. The van der Waals surface area contributed by atoms with Gasteiger partial charge in [0.15, 0.2) is 0 Å². The van der Waals surface area contributed by atoms with Crippen molar-refractivity contribution in [2.75, 3.05) is 39.5 Å². The molecule has 1 unspecified atom stereocenters. The molecule has 3 nitrogen and oxygen atoms in total. The van der Waals surface area contributed by atoms with Crippen LogP contribution < -0.4 is 5.73 Å². The molecule has 0 aromatic heterocycles. The van der Waals surface area contributed by atoms with Crippen LogP contribution in [0.2, 0.25) is 0 Å². The van der Waals surface area contributed by atoms with E-state index in [9.17, 15) is 0 Å². The molecule has 0 aliphatic carbocycles. The van der Waals surface area contributed by atoms with Gasteiger partial charge in [-0.1, -0.05) is 25.1 Å². The lowest BCUT2D eigenvalue weighted by molar-refractivity contribution is 0.183. The summed E-state index contributed by atoms with van der Waals surface area (Å²) in [4.78, 5) is 4.75. The number of para-hydroxylation sites is 1. The van der Waals surface area contributed by atoms with Gasteiger partial charge in [0, 0.05) is 24.8 Å². The summed E-state index contributed by atoms with van der Waals surface area (Å²) in [5, 5.41) is 0. The standard InChI is InChI=1S/C15H27N3/c1-5-18(13(2)12-17(3)4)11-10-14-8-6-7-9-15(14)16/h6-9,13H,5,10-12,16H2,1-4H3. The fraction of sp³-hybridized carbons (Fsp3) is 0.600. The van der Waals surface area contributed by atoms with Crippen molar-refractivity contribution in [3.8, 4) is 0 Å². The van der Waals surface area contributed by atoms with Crippen LogP contribution in [0.25, 0.3) is 0 Å². The molecule has 1 aromatic carbocycles. The molecule has 0 heterocycles. The van der Waals surface area contributed by atoms with Crippen LogP contribution >= 0.6 is 0 Å². The highest BCUT2D eigenvalue weighted by molar-refractivity contribution is 5.46. The van der Waals surface area contributed by atoms with E-state index in [0.717, 1.165) is 31.7 Å². The van der Waals surface area contributed by atoms with Crippen LogP contribution in [0.1, 0.15) is 19.4 Å². The highest BCUT2D eigenvalue weighted by Gasteiger charge is 2.12. The Morgan fingerprint density at radius 3 is 2.44 bits per heavy atom. The summed E-state index contributed by atoms with van der Waals surface area (Å²) in [5.74, 6) is 0. The van der Waals surface area contributed by atoms with Crippen LogP contribution in [-0.4, -0.2) is 49.6 Å². The van der Waals surface area contributed by atoms with Gasteiger partial charge in [-0.25, -0.2) is 0 Å². The van der Waals surface area contributed by atoms with E-state index in [1.54, 1.807) is 0 Å². The van der Waals surface area contributed by atoms with Crippen molar-refractivity contribution in [3.05, 3.63) is 29.8 Å². The Morgan fingerprint density at radius 1 is 1.22 bits per heavy atom. The maximum Gasteiger partial charge on any atom is 0.0347 e. The summed E-state index contributed by atoms with van der Waals surface area (Å²) in [6.45, 7) is 7.76. The largest absolute Gasteiger partial charge is 0.399 e. The molecule has 102 valence electrons. The lowest BCUT2D eigenvalue weighted by atomic mass is 10.1. The molecule has 1 rings (SSSR count). The van der Waals surface area contributed by atoms with Crippen molar-refractivity contribution >= 4 is 5.69 Å². The van der Waals surface area contributed by atoms with E-state index >= 15 is 0 Å². The van der Waals surface area contributed by atoms with Gasteiger partial charge in [0.2, 0.25) is 0 Å². The molecular weight excluding hydrogens is 222 g/mol. The van der Waals surface area contributed by atoms with E-state index in [1.807, 2.05) is 12.1 Å². The van der Waals surface area contributed by atoms with Crippen molar-refractivity contribution in [3.63, 3.8) is 0 Å². The molecule has 3 heteroatoms. The van der Waals surface area contributed by atoms with Crippen molar-refractivity contribution < 1.29 is 0 Å². The minimum absolute atomic E-state index is 0.579. The van der Waals surface area contributed by atoms with Crippen LogP contribution in [0.4, 0.5) is 5.69 Å². The third-order valence-corrected chi connectivity index (χ3v) is 3.38. The Labute approximate surface area is 112 Å². The lowest BCUT2D eigenvalue weighted by Gasteiger charge is -2.30. The topological polar surface area (TPSA) is 32.5 Å². The summed E-state index contributed by atoms with van der Waals surface area (Å²) >= 11 is 0. The fourth-order valence-electron chi connectivity index (χ4n) is 2.36. The molecule has 18 heavy (non-hydrogen) atoms. The van der Waals surface area contributed by atoms with Crippen LogP contribution in [0.5, 0.6) is 0 Å². The molecule has 0 aliphatic heterocycles. The fourth-order valence-corrected chi connectivity index (χ4v) is 2.36. The van der Waals surface area contributed by atoms with E-state index in [1.165, 1.54) is 5.56 Å². The Bertz CT molecular complexity index is 349. The number of benzene rings is 1. The van der Waals surface area contributed by atoms with Gasteiger partial charge in [0.25, 0.3) is 0 Å². The summed E-state index contributed by atoms with van der Waals surface area (Å²) in [7, 11) is 4.25. The summed E-state index contributed by atoms with van der Waals surface area (Å²) in [6, 6.07) is 8.74. The Balaban J connectivity index is 2.52. The van der Waals surface area contributed by atoms with Gasteiger partial charge < -0.3 is 10.6 Å². The highest BCUT2D eigenvalue weighted by Crippen LogP contribution is 2.12. The average molecular weight is 249 g/mol. The van der Waals surface area contributed by atoms with E-state index in [2.05, 4.69) is 49.9 Å². The molecule has 0 saturated heterocycles. The van der Waals surface area contributed by atoms with Crippen molar-refractivity contribution in [2.45, 2.75) is 26.3 Å². The Hall–Kier alpha value is -1.06. The van der Waals surface area contributed by atoms with E-state index < -0.39 is 0 Å². The number of nitrogen functional groups attached to an aromatic ring is 1. The number of nitrogens with two attached hydrogens (primary N) is 1. The molecule has 0 spiro atoms. The zero-order valence-electron chi connectivity index (χ0n) is 12.2.